The van der Waals surface area contributed by atoms with Crippen LogP contribution in [-0.4, -0.2) is 37.3 Å². The zero-order chi connectivity index (χ0) is 23.8. The molecule has 5 rings (SSSR count). The van der Waals surface area contributed by atoms with Gasteiger partial charge in [-0.15, -0.1) is 0 Å². The smallest absolute Gasteiger partial charge is 0.243 e. The van der Waals surface area contributed by atoms with Gasteiger partial charge in [-0.05, 0) is 63.6 Å². The molecular weight excluding hydrogens is 448 g/mol. The molecule has 0 aromatic heterocycles. The van der Waals surface area contributed by atoms with Crippen molar-refractivity contribution in [3.05, 3.63) is 59.7 Å². The van der Waals surface area contributed by atoms with Gasteiger partial charge in [-0.1, -0.05) is 42.3 Å². The summed E-state index contributed by atoms with van der Waals surface area (Å²) in [7, 11) is -3.53. The lowest BCUT2D eigenvalue weighted by atomic mass is 9.77. The predicted octanol–water partition coefficient (Wildman–Crippen LogP) is 4.74. The Labute approximate surface area is 202 Å². The molecule has 1 amide bonds. The molecule has 182 valence electrons. The second-order valence-corrected chi connectivity index (χ2v) is 12.1. The Kier molecular flexibility index (Phi) is 6.42. The highest BCUT2D eigenvalue weighted by atomic mass is 32.2. The lowest BCUT2D eigenvalue weighted by molar-refractivity contribution is -0.127. The number of hydrogen-bond donors (Lipinski definition) is 1. The van der Waals surface area contributed by atoms with Crippen molar-refractivity contribution in [1.82, 2.24) is 9.62 Å². The Morgan fingerprint density at radius 3 is 2.38 bits per heavy atom. The number of rotatable bonds is 4. The van der Waals surface area contributed by atoms with Gasteiger partial charge in [0.15, 0.2) is 0 Å². The van der Waals surface area contributed by atoms with Gasteiger partial charge in [0.1, 0.15) is 11.4 Å². The van der Waals surface area contributed by atoms with Gasteiger partial charge in [-0.3, -0.25) is 4.79 Å². The van der Waals surface area contributed by atoms with E-state index in [9.17, 15) is 13.2 Å². The number of carbonyl (C=O) groups excluding carboxylic acids is 1. The number of fused-ring (bicyclic) bond motifs is 1. The Hall–Kier alpha value is -2.38. The van der Waals surface area contributed by atoms with Crippen LogP contribution in [0.25, 0.3) is 0 Å². The third kappa shape index (κ3) is 4.60. The molecule has 1 saturated carbocycles. The van der Waals surface area contributed by atoms with Gasteiger partial charge in [0.2, 0.25) is 15.9 Å². The molecule has 2 aliphatic heterocycles. The van der Waals surface area contributed by atoms with Gasteiger partial charge in [-0.25, -0.2) is 8.42 Å². The maximum absolute atomic E-state index is 13.3. The fourth-order valence-electron chi connectivity index (χ4n) is 5.76. The van der Waals surface area contributed by atoms with Crippen LogP contribution in [0.4, 0.5) is 0 Å². The van der Waals surface area contributed by atoms with E-state index in [4.69, 9.17) is 4.74 Å². The largest absolute Gasteiger partial charge is 0.487 e. The molecule has 1 spiro atoms. The number of nitrogens with one attached hydrogen (secondary N) is 1. The molecule has 1 aliphatic carbocycles. The van der Waals surface area contributed by atoms with Crippen LogP contribution < -0.4 is 10.1 Å². The third-order valence-electron chi connectivity index (χ3n) is 7.76. The van der Waals surface area contributed by atoms with Crippen LogP contribution in [0.2, 0.25) is 0 Å². The number of aryl methyl sites for hydroxylation is 1. The zero-order valence-corrected chi connectivity index (χ0v) is 20.6. The van der Waals surface area contributed by atoms with Crippen LogP contribution >= 0.6 is 0 Å². The van der Waals surface area contributed by atoms with Crippen molar-refractivity contribution in [2.75, 3.05) is 13.1 Å². The summed E-state index contributed by atoms with van der Waals surface area (Å²) in [4.78, 5) is 13.6. The van der Waals surface area contributed by atoms with E-state index in [1.165, 1.54) is 10.7 Å². The fourth-order valence-corrected chi connectivity index (χ4v) is 7.23. The highest BCUT2D eigenvalue weighted by Crippen LogP contribution is 2.46. The molecule has 6 nitrogen and oxygen atoms in total. The number of benzene rings is 2. The first-order chi connectivity index (χ1) is 16.4. The first-order valence-electron chi connectivity index (χ1n) is 12.5. The van der Waals surface area contributed by atoms with Crippen molar-refractivity contribution in [2.24, 2.45) is 5.92 Å². The minimum absolute atomic E-state index is 0.0278. The summed E-state index contributed by atoms with van der Waals surface area (Å²) >= 11 is 0. The summed E-state index contributed by atoms with van der Waals surface area (Å²) in [6.45, 7) is 2.67. The van der Waals surface area contributed by atoms with E-state index in [1.807, 2.05) is 43.3 Å². The Balaban J connectivity index is 1.25. The van der Waals surface area contributed by atoms with Gasteiger partial charge < -0.3 is 10.1 Å². The lowest BCUT2D eigenvalue weighted by Gasteiger charge is -2.45. The standard InChI is InChI=1S/C27H34N2O4S/c1-20-9-11-22(12-10-20)34(31,32)29-17-13-21(14-18-29)26(30)28-24-19-27(15-5-2-6-16-27)33-25-8-4-3-7-23(24)25/h3-4,7-12,21,24H,2,5-6,13-19H2,1H3,(H,28,30). The Bertz CT molecular complexity index is 1130. The van der Waals surface area contributed by atoms with Gasteiger partial charge in [-0.2, -0.15) is 4.31 Å². The van der Waals surface area contributed by atoms with E-state index < -0.39 is 10.0 Å². The summed E-state index contributed by atoms with van der Waals surface area (Å²) in [6.07, 6.45) is 7.50. The fraction of sp³-hybridized carbons (Fsp3) is 0.519. The molecule has 3 aliphatic rings. The minimum Gasteiger partial charge on any atom is -0.487 e. The highest BCUT2D eigenvalue weighted by Gasteiger charge is 2.43. The number of piperidine rings is 1. The molecule has 1 saturated heterocycles. The molecule has 2 heterocycles. The van der Waals surface area contributed by atoms with Crippen molar-refractivity contribution < 1.29 is 17.9 Å². The maximum Gasteiger partial charge on any atom is 0.243 e. The molecule has 0 radical (unpaired) electrons. The molecular formula is C27H34N2O4S. The quantitative estimate of drug-likeness (QED) is 0.683. The summed E-state index contributed by atoms with van der Waals surface area (Å²) in [5, 5.41) is 3.32. The number of ether oxygens (including phenoxy) is 1. The first-order valence-corrected chi connectivity index (χ1v) is 14.0. The number of para-hydroxylation sites is 1. The summed E-state index contributed by atoms with van der Waals surface area (Å²) in [5.41, 5.74) is 1.89. The minimum atomic E-state index is -3.53. The molecule has 0 bridgehead atoms. The number of nitrogens with zero attached hydrogens (tertiary/aromatic N) is 1. The molecule has 7 heteroatoms. The van der Waals surface area contributed by atoms with Crippen LogP contribution in [-0.2, 0) is 14.8 Å². The number of carbonyl (C=O) groups is 1. The van der Waals surface area contributed by atoms with Gasteiger partial charge in [0.05, 0.1) is 10.9 Å². The predicted molar refractivity (Wildman–Crippen MR) is 131 cm³/mol. The summed E-state index contributed by atoms with van der Waals surface area (Å²) < 4.78 is 34.0. The van der Waals surface area contributed by atoms with Crippen LogP contribution in [0.15, 0.2) is 53.4 Å². The topological polar surface area (TPSA) is 75.7 Å². The number of hydrogen-bond acceptors (Lipinski definition) is 4. The number of sulfonamides is 1. The van der Waals surface area contributed by atoms with E-state index in [2.05, 4.69) is 5.32 Å². The molecule has 1 N–H and O–H groups in total. The normalized spacial score (nSPS) is 23.1. The average Bonchev–Trinajstić information content (AvgIpc) is 2.85. The van der Waals surface area contributed by atoms with Crippen LogP contribution in [0, 0.1) is 12.8 Å². The first kappa shape index (κ1) is 23.4. The third-order valence-corrected chi connectivity index (χ3v) is 9.67. The molecule has 34 heavy (non-hydrogen) atoms. The molecule has 2 aromatic carbocycles. The van der Waals surface area contributed by atoms with Crippen molar-refractivity contribution in [1.29, 1.82) is 0 Å². The zero-order valence-electron chi connectivity index (χ0n) is 19.8. The molecule has 2 fully saturated rings. The van der Waals surface area contributed by atoms with E-state index in [1.54, 1.807) is 12.1 Å². The molecule has 1 atom stereocenters. The molecule has 2 aromatic rings. The molecule has 1 unspecified atom stereocenters. The Morgan fingerprint density at radius 1 is 1.00 bits per heavy atom. The summed E-state index contributed by atoms with van der Waals surface area (Å²) in [5.74, 6) is 0.738. The van der Waals surface area contributed by atoms with Crippen molar-refractivity contribution in [3.8, 4) is 5.75 Å². The number of amides is 1. The highest BCUT2D eigenvalue weighted by molar-refractivity contribution is 7.89. The summed E-state index contributed by atoms with van der Waals surface area (Å²) in [6, 6.07) is 14.9. The van der Waals surface area contributed by atoms with Gasteiger partial charge in [0, 0.05) is 31.0 Å². The van der Waals surface area contributed by atoms with E-state index in [-0.39, 0.29) is 23.5 Å². The van der Waals surface area contributed by atoms with Crippen LogP contribution in [0.3, 0.4) is 0 Å². The van der Waals surface area contributed by atoms with Gasteiger partial charge >= 0.3 is 0 Å². The van der Waals surface area contributed by atoms with Crippen molar-refractivity contribution in [3.63, 3.8) is 0 Å². The van der Waals surface area contributed by atoms with Crippen LogP contribution in [0.5, 0.6) is 5.75 Å². The second kappa shape index (κ2) is 9.34. The van der Waals surface area contributed by atoms with E-state index >= 15 is 0 Å². The van der Waals surface area contributed by atoms with Gasteiger partial charge in [0.25, 0.3) is 0 Å². The van der Waals surface area contributed by atoms with E-state index in [0.29, 0.717) is 30.8 Å². The average molecular weight is 483 g/mol. The van der Waals surface area contributed by atoms with Crippen molar-refractivity contribution in [2.45, 2.75) is 74.8 Å². The van der Waals surface area contributed by atoms with E-state index in [0.717, 1.165) is 49.0 Å². The second-order valence-electron chi connectivity index (χ2n) is 10.1. The monoisotopic (exact) mass is 482 g/mol. The maximum atomic E-state index is 13.3. The van der Waals surface area contributed by atoms with Crippen molar-refractivity contribution >= 4 is 15.9 Å². The SMILES string of the molecule is Cc1ccc(S(=O)(=O)N2CCC(C(=O)NC3CC4(CCCCC4)Oc4ccccc43)CC2)cc1. The Morgan fingerprint density at radius 2 is 1.68 bits per heavy atom. The van der Waals surface area contributed by atoms with Crippen LogP contribution in [0.1, 0.15) is 68.5 Å². The lowest BCUT2D eigenvalue weighted by Crippen LogP contribution is -2.48.